The highest BCUT2D eigenvalue weighted by molar-refractivity contribution is 7.98. The standard InChI is InChI=1S/C12H20N2O2S2/c1-9-4-5-11(7-13)6-12(9)18(15,16)14-10(2)8-17-3/h4-6,10,14H,7-8,13H2,1-3H3. The molecule has 1 rings (SSSR count). The fourth-order valence-electron chi connectivity index (χ4n) is 1.67. The van der Waals surface area contributed by atoms with Crippen LogP contribution in [0.15, 0.2) is 23.1 Å². The van der Waals surface area contributed by atoms with Gasteiger partial charge in [-0.1, -0.05) is 12.1 Å². The molecule has 6 heteroatoms. The first-order valence-electron chi connectivity index (χ1n) is 5.71. The monoisotopic (exact) mass is 288 g/mol. The number of aryl methyl sites for hydroxylation is 1. The van der Waals surface area contributed by atoms with E-state index < -0.39 is 10.0 Å². The molecular formula is C12H20N2O2S2. The molecule has 1 unspecified atom stereocenters. The topological polar surface area (TPSA) is 72.2 Å². The molecule has 0 aliphatic carbocycles. The van der Waals surface area contributed by atoms with Crippen LogP contribution in [0, 0.1) is 6.92 Å². The average molecular weight is 288 g/mol. The maximum Gasteiger partial charge on any atom is 0.241 e. The third-order valence-electron chi connectivity index (χ3n) is 2.55. The van der Waals surface area contributed by atoms with Gasteiger partial charge >= 0.3 is 0 Å². The van der Waals surface area contributed by atoms with Crippen molar-refractivity contribution in [3.05, 3.63) is 29.3 Å². The second-order valence-corrected chi connectivity index (χ2v) is 6.87. The molecule has 18 heavy (non-hydrogen) atoms. The molecular weight excluding hydrogens is 268 g/mol. The molecule has 4 nitrogen and oxygen atoms in total. The lowest BCUT2D eigenvalue weighted by Gasteiger charge is -2.15. The number of nitrogens with two attached hydrogens (primary N) is 1. The van der Waals surface area contributed by atoms with Crippen LogP contribution in [0.25, 0.3) is 0 Å². The molecule has 102 valence electrons. The summed E-state index contributed by atoms with van der Waals surface area (Å²) in [5.74, 6) is 0.745. The SMILES string of the molecule is CSCC(C)NS(=O)(=O)c1cc(CN)ccc1C. The van der Waals surface area contributed by atoms with Crippen molar-refractivity contribution in [3.63, 3.8) is 0 Å². The van der Waals surface area contributed by atoms with Gasteiger partial charge in [-0.2, -0.15) is 11.8 Å². The Balaban J connectivity index is 3.04. The highest BCUT2D eigenvalue weighted by Crippen LogP contribution is 2.17. The van der Waals surface area contributed by atoms with Crippen molar-refractivity contribution >= 4 is 21.8 Å². The Bertz CT molecular complexity index is 501. The lowest BCUT2D eigenvalue weighted by molar-refractivity contribution is 0.570. The van der Waals surface area contributed by atoms with E-state index in [4.69, 9.17) is 5.73 Å². The molecule has 0 heterocycles. The quantitative estimate of drug-likeness (QED) is 0.832. The third kappa shape index (κ3) is 3.98. The molecule has 1 atom stereocenters. The molecule has 0 bridgehead atoms. The van der Waals surface area contributed by atoms with E-state index in [1.807, 2.05) is 19.2 Å². The second kappa shape index (κ2) is 6.56. The molecule has 0 amide bonds. The van der Waals surface area contributed by atoms with Crippen LogP contribution >= 0.6 is 11.8 Å². The molecule has 0 radical (unpaired) electrons. The highest BCUT2D eigenvalue weighted by Gasteiger charge is 2.19. The van der Waals surface area contributed by atoms with Crippen LogP contribution in [0.2, 0.25) is 0 Å². The first kappa shape index (κ1) is 15.5. The van der Waals surface area contributed by atoms with E-state index >= 15 is 0 Å². The predicted octanol–water partition coefficient (Wildman–Crippen LogP) is 1.48. The molecule has 0 fully saturated rings. The number of sulfonamides is 1. The fraction of sp³-hybridized carbons (Fsp3) is 0.500. The summed E-state index contributed by atoms with van der Waals surface area (Å²) in [5.41, 5.74) is 7.09. The van der Waals surface area contributed by atoms with E-state index in [0.29, 0.717) is 11.4 Å². The van der Waals surface area contributed by atoms with Crippen LogP contribution < -0.4 is 10.5 Å². The Kier molecular flexibility index (Phi) is 5.65. The van der Waals surface area contributed by atoms with E-state index in [9.17, 15) is 8.42 Å². The van der Waals surface area contributed by atoms with Gasteiger partial charge in [0, 0.05) is 18.3 Å². The largest absolute Gasteiger partial charge is 0.326 e. The maximum atomic E-state index is 12.2. The van der Waals surface area contributed by atoms with Crippen molar-refractivity contribution in [1.82, 2.24) is 4.72 Å². The third-order valence-corrected chi connectivity index (χ3v) is 5.12. The van der Waals surface area contributed by atoms with Crippen molar-refractivity contribution in [1.29, 1.82) is 0 Å². The summed E-state index contributed by atoms with van der Waals surface area (Å²) < 4.78 is 27.2. The zero-order valence-corrected chi connectivity index (χ0v) is 12.6. The van der Waals surface area contributed by atoms with Crippen LogP contribution in [-0.2, 0) is 16.6 Å². The maximum absolute atomic E-state index is 12.2. The van der Waals surface area contributed by atoms with Crippen LogP contribution in [0.1, 0.15) is 18.1 Å². The second-order valence-electron chi connectivity index (χ2n) is 4.28. The van der Waals surface area contributed by atoms with Crippen LogP contribution in [-0.4, -0.2) is 26.5 Å². The minimum atomic E-state index is -3.46. The van der Waals surface area contributed by atoms with Gasteiger partial charge in [0.25, 0.3) is 0 Å². The van der Waals surface area contributed by atoms with Gasteiger partial charge in [0.15, 0.2) is 0 Å². The zero-order valence-electron chi connectivity index (χ0n) is 10.9. The molecule has 0 aliphatic heterocycles. The number of hydrogen-bond donors (Lipinski definition) is 2. The van der Waals surface area contributed by atoms with Crippen LogP contribution in [0.5, 0.6) is 0 Å². The van der Waals surface area contributed by atoms with Crippen molar-refractivity contribution in [2.75, 3.05) is 12.0 Å². The van der Waals surface area contributed by atoms with Gasteiger partial charge in [-0.15, -0.1) is 0 Å². The Morgan fingerprint density at radius 3 is 2.67 bits per heavy atom. The molecule has 1 aromatic carbocycles. The average Bonchev–Trinajstić information content (AvgIpc) is 2.29. The Morgan fingerprint density at radius 2 is 2.11 bits per heavy atom. The van der Waals surface area contributed by atoms with E-state index in [0.717, 1.165) is 16.9 Å². The highest BCUT2D eigenvalue weighted by atomic mass is 32.2. The summed E-state index contributed by atoms with van der Waals surface area (Å²) in [4.78, 5) is 0.318. The Hall–Kier alpha value is -0.560. The van der Waals surface area contributed by atoms with Gasteiger partial charge in [-0.05, 0) is 37.3 Å². The molecule has 0 saturated heterocycles. The Morgan fingerprint density at radius 1 is 1.44 bits per heavy atom. The molecule has 0 spiro atoms. The minimum Gasteiger partial charge on any atom is -0.326 e. The van der Waals surface area contributed by atoms with Gasteiger partial charge < -0.3 is 5.73 Å². The van der Waals surface area contributed by atoms with Gasteiger partial charge in [0.2, 0.25) is 10.0 Å². The minimum absolute atomic E-state index is 0.0917. The number of thioether (sulfide) groups is 1. The fourth-order valence-corrected chi connectivity index (χ4v) is 3.90. The summed E-state index contributed by atoms with van der Waals surface area (Å²) in [6.07, 6.45) is 1.95. The molecule has 1 aromatic rings. The van der Waals surface area contributed by atoms with Crippen molar-refractivity contribution < 1.29 is 8.42 Å². The normalized spacial score (nSPS) is 13.6. The van der Waals surface area contributed by atoms with Gasteiger partial charge in [0.1, 0.15) is 0 Å². The van der Waals surface area contributed by atoms with E-state index in [-0.39, 0.29) is 6.04 Å². The predicted molar refractivity (Wildman–Crippen MR) is 77.2 cm³/mol. The van der Waals surface area contributed by atoms with E-state index in [2.05, 4.69) is 4.72 Å². The summed E-state index contributed by atoms with van der Waals surface area (Å²) in [7, 11) is -3.46. The first-order chi connectivity index (χ1) is 8.40. The molecule has 0 saturated carbocycles. The van der Waals surface area contributed by atoms with Gasteiger partial charge in [0.05, 0.1) is 4.90 Å². The number of nitrogens with one attached hydrogen (secondary N) is 1. The number of hydrogen-bond acceptors (Lipinski definition) is 4. The lowest BCUT2D eigenvalue weighted by Crippen LogP contribution is -2.34. The summed E-state index contributed by atoms with van der Waals surface area (Å²) in [6, 6.07) is 5.19. The summed E-state index contributed by atoms with van der Waals surface area (Å²) in [5, 5.41) is 0. The number of rotatable bonds is 6. The zero-order chi connectivity index (χ0) is 13.8. The van der Waals surface area contributed by atoms with E-state index in [1.165, 1.54) is 0 Å². The molecule has 0 aliphatic rings. The van der Waals surface area contributed by atoms with Gasteiger partial charge in [-0.25, -0.2) is 13.1 Å². The van der Waals surface area contributed by atoms with Gasteiger partial charge in [-0.3, -0.25) is 0 Å². The lowest BCUT2D eigenvalue weighted by atomic mass is 10.1. The van der Waals surface area contributed by atoms with Crippen LogP contribution in [0.4, 0.5) is 0 Å². The number of benzene rings is 1. The summed E-state index contributed by atoms with van der Waals surface area (Å²) >= 11 is 1.61. The smallest absolute Gasteiger partial charge is 0.241 e. The first-order valence-corrected chi connectivity index (χ1v) is 8.59. The van der Waals surface area contributed by atoms with Crippen molar-refractivity contribution in [3.8, 4) is 0 Å². The van der Waals surface area contributed by atoms with Crippen molar-refractivity contribution in [2.24, 2.45) is 5.73 Å². The summed E-state index contributed by atoms with van der Waals surface area (Å²) in [6.45, 7) is 3.98. The Labute approximate surface area is 113 Å². The van der Waals surface area contributed by atoms with E-state index in [1.54, 1.807) is 30.8 Å². The van der Waals surface area contributed by atoms with Crippen LogP contribution in [0.3, 0.4) is 0 Å². The molecule has 0 aromatic heterocycles. The van der Waals surface area contributed by atoms with Crippen molar-refractivity contribution in [2.45, 2.75) is 31.3 Å². The molecule has 3 N–H and O–H groups in total.